The number of anilines is 1. The Bertz CT molecular complexity index is 655. The Labute approximate surface area is 134 Å². The molecule has 0 aliphatic rings. The summed E-state index contributed by atoms with van der Waals surface area (Å²) in [6.07, 6.45) is 4.56. The Kier molecular flexibility index (Phi) is 5.37. The zero-order valence-corrected chi connectivity index (χ0v) is 14.2. The second kappa shape index (κ2) is 7.04. The van der Waals surface area contributed by atoms with Gasteiger partial charge in [-0.05, 0) is 50.4 Å². The van der Waals surface area contributed by atoms with Crippen molar-refractivity contribution in [3.63, 3.8) is 0 Å². The van der Waals surface area contributed by atoms with E-state index in [1.165, 1.54) is 0 Å². The Morgan fingerprint density at radius 2 is 2.20 bits per heavy atom. The number of halogens is 2. The van der Waals surface area contributed by atoms with Crippen LogP contribution in [-0.4, -0.2) is 16.1 Å². The van der Waals surface area contributed by atoms with Crippen LogP contribution in [0.4, 0.5) is 5.82 Å². The van der Waals surface area contributed by atoms with Crippen LogP contribution in [0, 0.1) is 0 Å². The molecule has 2 aromatic heterocycles. The maximum absolute atomic E-state index is 12.1. The van der Waals surface area contributed by atoms with Gasteiger partial charge >= 0.3 is 0 Å². The zero-order chi connectivity index (χ0) is 14.5. The molecule has 2 aromatic rings. The molecule has 0 spiro atoms. The SMILES string of the molecule is CCCNc1ncccc1Cn1cc(Br)cc(Br)c1=O. The molecule has 2 rings (SSSR count). The molecule has 20 heavy (non-hydrogen) atoms. The average molecular weight is 401 g/mol. The van der Waals surface area contributed by atoms with E-state index in [2.05, 4.69) is 49.1 Å². The van der Waals surface area contributed by atoms with Gasteiger partial charge in [-0.1, -0.05) is 13.0 Å². The molecule has 0 fully saturated rings. The molecule has 1 N–H and O–H groups in total. The molecule has 0 unspecified atom stereocenters. The molecular formula is C14H15Br2N3O. The van der Waals surface area contributed by atoms with Crippen molar-refractivity contribution in [3.8, 4) is 0 Å². The lowest BCUT2D eigenvalue weighted by atomic mass is 10.2. The van der Waals surface area contributed by atoms with Gasteiger partial charge in [0.15, 0.2) is 0 Å². The second-order valence-corrected chi connectivity index (χ2v) is 6.15. The summed E-state index contributed by atoms with van der Waals surface area (Å²) >= 11 is 6.68. The van der Waals surface area contributed by atoms with Crippen molar-refractivity contribution in [2.75, 3.05) is 11.9 Å². The van der Waals surface area contributed by atoms with E-state index in [9.17, 15) is 4.79 Å². The van der Waals surface area contributed by atoms with E-state index in [4.69, 9.17) is 0 Å². The van der Waals surface area contributed by atoms with Crippen LogP contribution in [0.15, 0.2) is 44.3 Å². The van der Waals surface area contributed by atoms with Crippen LogP contribution in [0.2, 0.25) is 0 Å². The fourth-order valence-electron chi connectivity index (χ4n) is 1.83. The summed E-state index contributed by atoms with van der Waals surface area (Å²) in [4.78, 5) is 16.4. The molecule has 0 radical (unpaired) electrons. The molecule has 0 saturated carbocycles. The van der Waals surface area contributed by atoms with E-state index in [0.29, 0.717) is 11.0 Å². The van der Waals surface area contributed by atoms with E-state index >= 15 is 0 Å². The lowest BCUT2D eigenvalue weighted by Crippen LogP contribution is -2.21. The number of hydrogen-bond donors (Lipinski definition) is 1. The fraction of sp³-hybridized carbons (Fsp3) is 0.286. The molecule has 0 saturated heterocycles. The van der Waals surface area contributed by atoms with Crippen molar-refractivity contribution in [3.05, 3.63) is 55.5 Å². The minimum Gasteiger partial charge on any atom is -0.370 e. The van der Waals surface area contributed by atoms with Crippen molar-refractivity contribution in [1.29, 1.82) is 0 Å². The smallest absolute Gasteiger partial charge is 0.265 e. The molecule has 0 atom stereocenters. The average Bonchev–Trinajstić information content (AvgIpc) is 2.43. The maximum atomic E-state index is 12.1. The summed E-state index contributed by atoms with van der Waals surface area (Å²) in [6, 6.07) is 5.61. The van der Waals surface area contributed by atoms with Gasteiger partial charge in [-0.25, -0.2) is 4.98 Å². The van der Waals surface area contributed by atoms with Crippen LogP contribution in [-0.2, 0) is 6.54 Å². The van der Waals surface area contributed by atoms with Crippen LogP contribution in [0.3, 0.4) is 0 Å². The first-order valence-corrected chi connectivity index (χ1v) is 7.93. The number of nitrogens with one attached hydrogen (secondary N) is 1. The highest BCUT2D eigenvalue weighted by molar-refractivity contribution is 9.11. The number of rotatable bonds is 5. The molecular weight excluding hydrogens is 386 g/mol. The topological polar surface area (TPSA) is 46.9 Å². The van der Waals surface area contributed by atoms with E-state index in [1.807, 2.05) is 12.1 Å². The normalized spacial score (nSPS) is 10.6. The second-order valence-electron chi connectivity index (χ2n) is 4.38. The van der Waals surface area contributed by atoms with Crippen LogP contribution >= 0.6 is 31.9 Å². The molecule has 4 nitrogen and oxygen atoms in total. The lowest BCUT2D eigenvalue weighted by molar-refractivity contribution is 0.749. The van der Waals surface area contributed by atoms with Gasteiger partial charge in [0.25, 0.3) is 5.56 Å². The molecule has 2 heterocycles. The number of pyridine rings is 2. The predicted molar refractivity (Wildman–Crippen MR) is 88.2 cm³/mol. The standard InChI is InChI=1S/C14H15Br2N3O/c1-2-5-17-13-10(4-3-6-18-13)8-19-9-11(15)7-12(16)14(19)20/h3-4,6-7,9H,2,5,8H2,1H3,(H,17,18). The van der Waals surface area contributed by atoms with Crippen LogP contribution < -0.4 is 10.9 Å². The fourth-order valence-corrected chi connectivity index (χ4v) is 3.09. The van der Waals surface area contributed by atoms with Gasteiger partial charge in [0.2, 0.25) is 0 Å². The van der Waals surface area contributed by atoms with Gasteiger partial charge in [0.05, 0.1) is 11.0 Å². The summed E-state index contributed by atoms with van der Waals surface area (Å²) in [6.45, 7) is 3.45. The van der Waals surface area contributed by atoms with Crippen molar-refractivity contribution < 1.29 is 0 Å². The van der Waals surface area contributed by atoms with Crippen LogP contribution in [0.5, 0.6) is 0 Å². The van der Waals surface area contributed by atoms with Gasteiger partial charge in [-0.2, -0.15) is 0 Å². The van der Waals surface area contributed by atoms with Crippen LogP contribution in [0.25, 0.3) is 0 Å². The van der Waals surface area contributed by atoms with E-state index in [0.717, 1.165) is 28.8 Å². The summed E-state index contributed by atoms with van der Waals surface area (Å²) in [5, 5.41) is 3.28. The highest BCUT2D eigenvalue weighted by Gasteiger charge is 2.07. The molecule has 6 heteroatoms. The Hall–Kier alpha value is -1.14. The highest BCUT2D eigenvalue weighted by Crippen LogP contribution is 2.16. The third-order valence-electron chi connectivity index (χ3n) is 2.78. The van der Waals surface area contributed by atoms with E-state index in [1.54, 1.807) is 23.0 Å². The summed E-state index contributed by atoms with van der Waals surface area (Å²) < 4.78 is 3.05. The number of hydrogen-bond acceptors (Lipinski definition) is 3. The van der Waals surface area contributed by atoms with Crippen molar-refractivity contribution >= 4 is 37.7 Å². The Balaban J connectivity index is 2.33. The third kappa shape index (κ3) is 3.70. The number of nitrogens with zero attached hydrogens (tertiary/aromatic N) is 2. The molecule has 0 amide bonds. The largest absolute Gasteiger partial charge is 0.370 e. The monoisotopic (exact) mass is 399 g/mol. The van der Waals surface area contributed by atoms with Gasteiger partial charge in [-0.15, -0.1) is 0 Å². The Morgan fingerprint density at radius 3 is 2.95 bits per heavy atom. The molecule has 0 aliphatic heterocycles. The van der Waals surface area contributed by atoms with Crippen molar-refractivity contribution in [2.24, 2.45) is 0 Å². The third-order valence-corrected chi connectivity index (χ3v) is 3.79. The lowest BCUT2D eigenvalue weighted by Gasteiger charge is -2.12. The minimum absolute atomic E-state index is 0.0569. The first-order chi connectivity index (χ1) is 9.61. The first kappa shape index (κ1) is 15.3. The Morgan fingerprint density at radius 1 is 1.40 bits per heavy atom. The minimum atomic E-state index is -0.0569. The molecule has 0 aromatic carbocycles. The first-order valence-electron chi connectivity index (χ1n) is 6.35. The van der Waals surface area contributed by atoms with Crippen molar-refractivity contribution in [2.45, 2.75) is 19.9 Å². The molecule has 0 bridgehead atoms. The van der Waals surface area contributed by atoms with Gasteiger partial charge in [0.1, 0.15) is 5.82 Å². The van der Waals surface area contributed by atoms with Gasteiger partial charge in [-0.3, -0.25) is 4.79 Å². The van der Waals surface area contributed by atoms with E-state index < -0.39 is 0 Å². The summed E-state index contributed by atoms with van der Waals surface area (Å²) in [5.74, 6) is 0.831. The predicted octanol–water partition coefficient (Wildman–Crippen LogP) is 3.64. The summed E-state index contributed by atoms with van der Waals surface area (Å²) in [7, 11) is 0. The van der Waals surface area contributed by atoms with E-state index in [-0.39, 0.29) is 5.56 Å². The maximum Gasteiger partial charge on any atom is 0.265 e. The molecule has 106 valence electrons. The summed E-state index contributed by atoms with van der Waals surface area (Å²) in [5.41, 5.74) is 0.937. The molecule has 0 aliphatic carbocycles. The number of aromatic nitrogens is 2. The van der Waals surface area contributed by atoms with Gasteiger partial charge < -0.3 is 9.88 Å². The van der Waals surface area contributed by atoms with Crippen molar-refractivity contribution in [1.82, 2.24) is 9.55 Å². The van der Waals surface area contributed by atoms with Crippen LogP contribution in [0.1, 0.15) is 18.9 Å². The zero-order valence-electron chi connectivity index (χ0n) is 11.1. The van der Waals surface area contributed by atoms with Gasteiger partial charge in [0, 0.05) is 29.0 Å². The highest BCUT2D eigenvalue weighted by atomic mass is 79.9. The quantitative estimate of drug-likeness (QED) is 0.833.